The van der Waals surface area contributed by atoms with Crippen LogP contribution in [0.3, 0.4) is 0 Å². The number of hydrogen-bond donors (Lipinski definition) is 2. The Morgan fingerprint density at radius 1 is 1.28 bits per heavy atom. The first-order valence-electron chi connectivity index (χ1n) is 6.93. The van der Waals surface area contributed by atoms with Crippen LogP contribution < -0.4 is 10.1 Å². The van der Waals surface area contributed by atoms with Gasteiger partial charge in [0.2, 0.25) is 0 Å². The van der Waals surface area contributed by atoms with E-state index in [4.69, 9.17) is 4.74 Å². The molecule has 0 aliphatic heterocycles. The average Bonchev–Trinajstić information content (AvgIpc) is 2.90. The molecule has 3 nitrogen and oxygen atoms in total. The van der Waals surface area contributed by atoms with Crippen LogP contribution in [0.4, 0.5) is 0 Å². The zero-order valence-electron chi connectivity index (χ0n) is 11.1. The fourth-order valence-electron chi connectivity index (χ4n) is 2.59. The molecule has 100 valence electrons. The van der Waals surface area contributed by atoms with Gasteiger partial charge in [0.1, 0.15) is 5.75 Å². The van der Waals surface area contributed by atoms with Crippen LogP contribution in [0.2, 0.25) is 0 Å². The zero-order chi connectivity index (χ0) is 12.8. The molecular formula is C15H23NO2. The minimum atomic E-state index is 0.0452. The molecule has 1 atom stereocenters. The maximum atomic E-state index is 9.52. The van der Waals surface area contributed by atoms with E-state index in [-0.39, 0.29) is 12.6 Å². The molecule has 0 heterocycles. The third-order valence-electron chi connectivity index (χ3n) is 3.57. The minimum Gasteiger partial charge on any atom is -0.494 e. The Balaban J connectivity index is 1.97. The molecule has 1 saturated carbocycles. The molecule has 0 aromatic heterocycles. The first-order valence-corrected chi connectivity index (χ1v) is 6.93. The number of aliphatic hydroxyl groups is 1. The van der Waals surface area contributed by atoms with Gasteiger partial charge in [-0.05, 0) is 37.5 Å². The molecule has 1 aromatic rings. The third kappa shape index (κ3) is 3.47. The Kier molecular flexibility index (Phi) is 5.02. The van der Waals surface area contributed by atoms with Crippen LogP contribution in [0, 0.1) is 0 Å². The van der Waals surface area contributed by atoms with Crippen LogP contribution in [0.15, 0.2) is 24.3 Å². The fourth-order valence-corrected chi connectivity index (χ4v) is 2.59. The molecule has 18 heavy (non-hydrogen) atoms. The summed E-state index contributed by atoms with van der Waals surface area (Å²) < 4.78 is 5.42. The normalized spacial score (nSPS) is 17.9. The van der Waals surface area contributed by atoms with E-state index in [1.165, 1.54) is 25.7 Å². The number of rotatable bonds is 6. The third-order valence-corrected chi connectivity index (χ3v) is 3.57. The number of nitrogens with one attached hydrogen (secondary N) is 1. The van der Waals surface area contributed by atoms with Gasteiger partial charge in [-0.3, -0.25) is 0 Å². The lowest BCUT2D eigenvalue weighted by atomic mass is 10.1. The van der Waals surface area contributed by atoms with Gasteiger partial charge in [0, 0.05) is 6.04 Å². The fraction of sp³-hybridized carbons (Fsp3) is 0.600. The smallest absolute Gasteiger partial charge is 0.119 e. The molecule has 1 fully saturated rings. The van der Waals surface area contributed by atoms with Crippen molar-refractivity contribution in [3.05, 3.63) is 29.8 Å². The van der Waals surface area contributed by atoms with Crippen LogP contribution in [0.5, 0.6) is 5.75 Å². The molecule has 1 unspecified atom stereocenters. The Morgan fingerprint density at radius 2 is 1.94 bits per heavy atom. The summed E-state index contributed by atoms with van der Waals surface area (Å²) in [5, 5.41) is 13.1. The minimum absolute atomic E-state index is 0.0452. The standard InChI is InChI=1S/C15H23NO2/c1-2-18-14-9-7-12(8-10-14)15(11-17)16-13-5-3-4-6-13/h7-10,13,15-17H,2-6,11H2,1H3. The van der Waals surface area contributed by atoms with E-state index in [1.807, 2.05) is 31.2 Å². The van der Waals surface area contributed by atoms with Crippen molar-refractivity contribution in [3.63, 3.8) is 0 Å². The Hall–Kier alpha value is -1.06. The van der Waals surface area contributed by atoms with Gasteiger partial charge in [-0.15, -0.1) is 0 Å². The van der Waals surface area contributed by atoms with E-state index in [0.29, 0.717) is 12.6 Å². The van der Waals surface area contributed by atoms with E-state index in [0.717, 1.165) is 11.3 Å². The van der Waals surface area contributed by atoms with Gasteiger partial charge in [-0.2, -0.15) is 0 Å². The van der Waals surface area contributed by atoms with Crippen molar-refractivity contribution in [2.24, 2.45) is 0 Å². The number of benzene rings is 1. The van der Waals surface area contributed by atoms with Crippen LogP contribution in [0.1, 0.15) is 44.2 Å². The van der Waals surface area contributed by atoms with Gasteiger partial charge in [0.05, 0.1) is 19.3 Å². The molecule has 1 aliphatic rings. The Bertz CT molecular complexity index is 344. The highest BCUT2D eigenvalue weighted by Crippen LogP contribution is 2.23. The highest BCUT2D eigenvalue weighted by molar-refractivity contribution is 5.29. The van der Waals surface area contributed by atoms with E-state index in [1.54, 1.807) is 0 Å². The molecular weight excluding hydrogens is 226 g/mol. The summed E-state index contributed by atoms with van der Waals surface area (Å²) in [5.41, 5.74) is 1.13. The lowest BCUT2D eigenvalue weighted by Crippen LogP contribution is -2.32. The highest BCUT2D eigenvalue weighted by Gasteiger charge is 2.19. The first-order chi connectivity index (χ1) is 8.83. The molecule has 0 saturated heterocycles. The monoisotopic (exact) mass is 249 g/mol. The van der Waals surface area contributed by atoms with Gasteiger partial charge < -0.3 is 15.2 Å². The molecule has 0 amide bonds. The van der Waals surface area contributed by atoms with Crippen molar-refractivity contribution in [1.29, 1.82) is 0 Å². The molecule has 0 spiro atoms. The molecule has 3 heteroatoms. The number of aliphatic hydroxyl groups excluding tert-OH is 1. The summed E-state index contributed by atoms with van der Waals surface area (Å²) in [5.74, 6) is 0.888. The average molecular weight is 249 g/mol. The van der Waals surface area contributed by atoms with Crippen molar-refractivity contribution < 1.29 is 9.84 Å². The van der Waals surface area contributed by atoms with Crippen LogP contribution in [-0.4, -0.2) is 24.4 Å². The summed E-state index contributed by atoms with van der Waals surface area (Å²) in [4.78, 5) is 0. The van der Waals surface area contributed by atoms with Gasteiger partial charge in [0.15, 0.2) is 0 Å². The van der Waals surface area contributed by atoms with Crippen molar-refractivity contribution in [2.75, 3.05) is 13.2 Å². The second kappa shape index (κ2) is 6.76. The van der Waals surface area contributed by atoms with Gasteiger partial charge >= 0.3 is 0 Å². The second-order valence-corrected chi connectivity index (χ2v) is 4.89. The molecule has 2 rings (SSSR count). The molecule has 2 N–H and O–H groups in total. The maximum Gasteiger partial charge on any atom is 0.119 e. The largest absolute Gasteiger partial charge is 0.494 e. The molecule has 0 radical (unpaired) electrons. The van der Waals surface area contributed by atoms with Gasteiger partial charge in [0.25, 0.3) is 0 Å². The summed E-state index contributed by atoms with van der Waals surface area (Å²) in [6.45, 7) is 2.81. The van der Waals surface area contributed by atoms with Crippen LogP contribution in [0.25, 0.3) is 0 Å². The zero-order valence-corrected chi connectivity index (χ0v) is 11.1. The lowest BCUT2D eigenvalue weighted by molar-refractivity contribution is 0.233. The predicted octanol–water partition coefficient (Wildman–Crippen LogP) is 2.65. The Labute approximate surface area is 109 Å². The SMILES string of the molecule is CCOc1ccc(C(CO)NC2CCCC2)cc1. The Morgan fingerprint density at radius 3 is 2.50 bits per heavy atom. The van der Waals surface area contributed by atoms with E-state index in [9.17, 15) is 5.11 Å². The second-order valence-electron chi connectivity index (χ2n) is 4.89. The van der Waals surface area contributed by atoms with Crippen LogP contribution >= 0.6 is 0 Å². The van der Waals surface area contributed by atoms with Crippen LogP contribution in [-0.2, 0) is 0 Å². The van der Waals surface area contributed by atoms with E-state index in [2.05, 4.69) is 5.32 Å². The quantitative estimate of drug-likeness (QED) is 0.814. The number of ether oxygens (including phenoxy) is 1. The van der Waals surface area contributed by atoms with Crippen molar-refractivity contribution in [3.8, 4) is 5.75 Å². The molecule has 1 aliphatic carbocycles. The topological polar surface area (TPSA) is 41.5 Å². The lowest BCUT2D eigenvalue weighted by Gasteiger charge is -2.21. The van der Waals surface area contributed by atoms with E-state index < -0.39 is 0 Å². The maximum absolute atomic E-state index is 9.52. The van der Waals surface area contributed by atoms with Gasteiger partial charge in [-0.25, -0.2) is 0 Å². The highest BCUT2D eigenvalue weighted by atomic mass is 16.5. The molecule has 0 bridgehead atoms. The summed E-state index contributed by atoms with van der Waals surface area (Å²) in [7, 11) is 0. The first kappa shape index (κ1) is 13.4. The predicted molar refractivity (Wildman–Crippen MR) is 72.8 cm³/mol. The van der Waals surface area contributed by atoms with Crippen molar-refractivity contribution >= 4 is 0 Å². The van der Waals surface area contributed by atoms with Crippen molar-refractivity contribution in [1.82, 2.24) is 5.32 Å². The van der Waals surface area contributed by atoms with Crippen molar-refractivity contribution in [2.45, 2.75) is 44.7 Å². The van der Waals surface area contributed by atoms with E-state index >= 15 is 0 Å². The summed E-state index contributed by atoms with van der Waals surface area (Å²) in [6, 6.07) is 8.62. The molecule has 1 aromatic carbocycles. The summed E-state index contributed by atoms with van der Waals surface area (Å²) >= 11 is 0. The number of hydrogen-bond acceptors (Lipinski definition) is 3. The van der Waals surface area contributed by atoms with Gasteiger partial charge in [-0.1, -0.05) is 25.0 Å². The summed E-state index contributed by atoms with van der Waals surface area (Å²) in [6.07, 6.45) is 5.07.